The van der Waals surface area contributed by atoms with Crippen molar-refractivity contribution in [3.63, 3.8) is 0 Å². The van der Waals surface area contributed by atoms with Crippen molar-refractivity contribution >= 4 is 17.0 Å². The molecule has 0 bridgehead atoms. The first-order valence-corrected chi connectivity index (χ1v) is 10.3. The van der Waals surface area contributed by atoms with Crippen LogP contribution in [0.15, 0.2) is 71.1 Å². The van der Waals surface area contributed by atoms with Crippen LogP contribution in [0, 0.1) is 0 Å². The van der Waals surface area contributed by atoms with Gasteiger partial charge in [0.2, 0.25) is 6.23 Å². The fourth-order valence-electron chi connectivity index (χ4n) is 3.89. The minimum absolute atomic E-state index is 0.191. The van der Waals surface area contributed by atoms with Crippen molar-refractivity contribution in [3.8, 4) is 5.75 Å². The van der Waals surface area contributed by atoms with E-state index in [2.05, 4.69) is 78.8 Å². The third-order valence-electron chi connectivity index (χ3n) is 5.39. The Kier molecular flexibility index (Phi) is 4.01. The van der Waals surface area contributed by atoms with E-state index in [0.717, 1.165) is 23.4 Å². The van der Waals surface area contributed by atoms with Crippen LogP contribution in [-0.2, 0) is 0 Å². The van der Waals surface area contributed by atoms with Crippen LogP contribution in [0.2, 0.25) is 0 Å². The SMILES string of the molecule is CC(C)c1ccc([C@H]2Oc3ccccc3[C@H]3CC(c4cccs4)=NN32)cc1. The quantitative estimate of drug-likeness (QED) is 0.552. The molecule has 0 spiro atoms. The number of fused-ring (bicyclic) bond motifs is 3. The van der Waals surface area contributed by atoms with E-state index in [4.69, 9.17) is 9.84 Å². The number of rotatable bonds is 3. The minimum Gasteiger partial charge on any atom is -0.464 e. The average molecular weight is 375 g/mol. The van der Waals surface area contributed by atoms with Gasteiger partial charge in [0, 0.05) is 17.5 Å². The van der Waals surface area contributed by atoms with Crippen LogP contribution in [0.5, 0.6) is 5.75 Å². The third-order valence-corrected chi connectivity index (χ3v) is 6.31. The van der Waals surface area contributed by atoms with E-state index in [9.17, 15) is 0 Å². The smallest absolute Gasteiger partial charge is 0.213 e. The molecule has 136 valence electrons. The highest BCUT2D eigenvalue weighted by molar-refractivity contribution is 7.12. The second kappa shape index (κ2) is 6.54. The molecule has 5 rings (SSSR count). The molecule has 3 heterocycles. The fraction of sp³-hybridized carbons (Fsp3) is 0.261. The van der Waals surface area contributed by atoms with Gasteiger partial charge in [-0.2, -0.15) is 5.10 Å². The van der Waals surface area contributed by atoms with Crippen molar-refractivity contribution < 1.29 is 4.74 Å². The van der Waals surface area contributed by atoms with E-state index in [1.54, 1.807) is 11.3 Å². The predicted octanol–water partition coefficient (Wildman–Crippen LogP) is 6.11. The second-order valence-corrected chi connectivity index (χ2v) is 8.40. The summed E-state index contributed by atoms with van der Waals surface area (Å²) in [4.78, 5) is 1.25. The van der Waals surface area contributed by atoms with Crippen LogP contribution in [0.1, 0.15) is 60.0 Å². The van der Waals surface area contributed by atoms with Gasteiger partial charge < -0.3 is 4.74 Å². The Bertz CT molecular complexity index is 976. The van der Waals surface area contributed by atoms with E-state index >= 15 is 0 Å². The van der Waals surface area contributed by atoms with Gasteiger partial charge in [-0.15, -0.1) is 11.3 Å². The molecular weight excluding hydrogens is 352 g/mol. The molecule has 0 N–H and O–H groups in total. The number of ether oxygens (including phenoxy) is 1. The maximum Gasteiger partial charge on any atom is 0.213 e. The molecule has 0 amide bonds. The van der Waals surface area contributed by atoms with E-state index in [0.29, 0.717) is 5.92 Å². The van der Waals surface area contributed by atoms with Crippen LogP contribution in [0.25, 0.3) is 0 Å². The number of hydrogen-bond donors (Lipinski definition) is 0. The van der Waals surface area contributed by atoms with Gasteiger partial charge in [0.15, 0.2) is 0 Å². The van der Waals surface area contributed by atoms with Gasteiger partial charge >= 0.3 is 0 Å². The van der Waals surface area contributed by atoms with Crippen LogP contribution in [-0.4, -0.2) is 10.7 Å². The summed E-state index contributed by atoms with van der Waals surface area (Å²) < 4.78 is 6.42. The summed E-state index contributed by atoms with van der Waals surface area (Å²) >= 11 is 1.75. The zero-order chi connectivity index (χ0) is 18.4. The maximum absolute atomic E-state index is 6.42. The highest BCUT2D eigenvalue weighted by Crippen LogP contribution is 2.47. The summed E-state index contributed by atoms with van der Waals surface area (Å²) in [6.45, 7) is 4.44. The Morgan fingerprint density at radius 2 is 1.85 bits per heavy atom. The van der Waals surface area contributed by atoms with Crippen LogP contribution < -0.4 is 4.74 Å². The van der Waals surface area contributed by atoms with E-state index in [1.165, 1.54) is 16.0 Å². The van der Waals surface area contributed by atoms with Gasteiger partial charge in [-0.1, -0.05) is 62.4 Å². The molecule has 3 nitrogen and oxygen atoms in total. The van der Waals surface area contributed by atoms with Crippen molar-refractivity contribution in [1.29, 1.82) is 0 Å². The number of hydrazone groups is 1. The van der Waals surface area contributed by atoms with E-state index < -0.39 is 0 Å². The number of para-hydroxylation sites is 1. The first-order valence-electron chi connectivity index (χ1n) is 9.46. The van der Waals surface area contributed by atoms with E-state index in [-0.39, 0.29) is 12.3 Å². The zero-order valence-corrected chi connectivity index (χ0v) is 16.3. The maximum atomic E-state index is 6.42. The molecule has 2 atom stereocenters. The summed E-state index contributed by atoms with van der Waals surface area (Å²) in [5, 5.41) is 9.27. The lowest BCUT2D eigenvalue weighted by atomic mass is 9.97. The molecule has 0 unspecified atom stereocenters. The number of hydrogen-bond acceptors (Lipinski definition) is 4. The number of nitrogens with zero attached hydrogens (tertiary/aromatic N) is 2. The molecular formula is C23H22N2OS. The second-order valence-electron chi connectivity index (χ2n) is 7.45. The summed E-state index contributed by atoms with van der Waals surface area (Å²) in [7, 11) is 0. The van der Waals surface area contributed by atoms with Crippen molar-refractivity contribution in [2.24, 2.45) is 5.10 Å². The lowest BCUT2D eigenvalue weighted by Gasteiger charge is -2.38. The van der Waals surface area contributed by atoms with Crippen molar-refractivity contribution in [3.05, 3.63) is 87.6 Å². The fourth-order valence-corrected chi connectivity index (χ4v) is 4.61. The predicted molar refractivity (Wildman–Crippen MR) is 110 cm³/mol. The van der Waals surface area contributed by atoms with Gasteiger partial charge in [-0.05, 0) is 29.0 Å². The monoisotopic (exact) mass is 374 g/mol. The first kappa shape index (κ1) is 16.6. The van der Waals surface area contributed by atoms with Gasteiger partial charge in [0.25, 0.3) is 0 Å². The Morgan fingerprint density at radius 1 is 1.04 bits per heavy atom. The standard InChI is InChI=1S/C23H22N2OS/c1-15(2)16-9-11-17(12-10-16)23-25-20(18-6-3-4-7-21(18)26-23)14-19(24-25)22-8-5-13-27-22/h3-13,15,20,23H,14H2,1-2H3/t20-,23-/m1/s1. The summed E-state index contributed by atoms with van der Waals surface area (Å²) in [6.07, 6.45) is 0.727. The average Bonchev–Trinajstić information content (AvgIpc) is 3.37. The van der Waals surface area contributed by atoms with Gasteiger partial charge in [0.1, 0.15) is 5.75 Å². The normalized spacial score (nSPS) is 20.9. The molecule has 27 heavy (non-hydrogen) atoms. The van der Waals surface area contributed by atoms with Crippen LogP contribution in [0.3, 0.4) is 0 Å². The minimum atomic E-state index is -0.191. The molecule has 2 aliphatic heterocycles. The Morgan fingerprint density at radius 3 is 2.59 bits per heavy atom. The van der Waals surface area contributed by atoms with Crippen molar-refractivity contribution in [2.45, 2.75) is 38.5 Å². The summed E-state index contributed by atoms with van der Waals surface area (Å²) in [6, 6.07) is 21.6. The molecule has 3 aromatic rings. The molecule has 0 aliphatic carbocycles. The molecule has 0 saturated heterocycles. The van der Waals surface area contributed by atoms with Crippen LogP contribution in [0.4, 0.5) is 0 Å². The highest BCUT2D eigenvalue weighted by atomic mass is 32.1. The Hall–Kier alpha value is -2.59. The molecule has 0 radical (unpaired) electrons. The van der Waals surface area contributed by atoms with Crippen LogP contribution >= 0.6 is 11.3 Å². The van der Waals surface area contributed by atoms with E-state index in [1.807, 2.05) is 6.07 Å². The lowest BCUT2D eigenvalue weighted by molar-refractivity contribution is -0.0190. The topological polar surface area (TPSA) is 24.8 Å². The van der Waals surface area contributed by atoms with Gasteiger partial charge in [-0.25, -0.2) is 5.01 Å². The highest BCUT2D eigenvalue weighted by Gasteiger charge is 2.40. The molecule has 4 heteroatoms. The molecule has 0 fully saturated rings. The zero-order valence-electron chi connectivity index (χ0n) is 15.5. The molecule has 0 saturated carbocycles. The molecule has 2 aromatic carbocycles. The van der Waals surface area contributed by atoms with Gasteiger partial charge in [0.05, 0.1) is 16.6 Å². The third kappa shape index (κ3) is 2.85. The summed E-state index contributed by atoms with van der Waals surface area (Å²) in [5.74, 6) is 1.49. The van der Waals surface area contributed by atoms with Crippen molar-refractivity contribution in [2.75, 3.05) is 0 Å². The molecule has 1 aromatic heterocycles. The Labute approximate surface area is 163 Å². The number of benzene rings is 2. The first-order chi connectivity index (χ1) is 13.2. The lowest BCUT2D eigenvalue weighted by Crippen LogP contribution is -2.33. The largest absolute Gasteiger partial charge is 0.464 e. The summed E-state index contributed by atoms with van der Waals surface area (Å²) in [5.41, 5.74) is 4.87. The van der Waals surface area contributed by atoms with Gasteiger partial charge in [-0.3, -0.25) is 0 Å². The Balaban J connectivity index is 1.56. The van der Waals surface area contributed by atoms with Crippen molar-refractivity contribution in [1.82, 2.24) is 5.01 Å². The molecule has 2 aliphatic rings. The number of thiophene rings is 1.